The van der Waals surface area contributed by atoms with Gasteiger partial charge in [0.2, 0.25) is 0 Å². The Bertz CT molecular complexity index is 832. The van der Waals surface area contributed by atoms with E-state index < -0.39 is 0 Å². The molecule has 0 heteroatoms. The largest absolute Gasteiger partial charge is 0.0654 e. The Morgan fingerprint density at radius 1 is 0.359 bits per heavy atom. The Balaban J connectivity index is 2.01. The molecule has 0 N–H and O–H groups in total. The third-order valence-corrected chi connectivity index (χ3v) is 8.65. The highest BCUT2D eigenvalue weighted by Gasteiger charge is 2.11. The van der Waals surface area contributed by atoms with Crippen molar-refractivity contribution in [3.63, 3.8) is 0 Å². The van der Waals surface area contributed by atoms with E-state index in [1.54, 1.807) is 16.7 Å². The summed E-state index contributed by atoms with van der Waals surface area (Å²) < 4.78 is 0. The Labute approximate surface area is 244 Å². The van der Waals surface area contributed by atoms with Crippen LogP contribution in [0.25, 0.3) is 11.1 Å². The van der Waals surface area contributed by atoms with Crippen LogP contribution >= 0.6 is 0 Å². The van der Waals surface area contributed by atoms with Gasteiger partial charge in [0, 0.05) is 0 Å². The van der Waals surface area contributed by atoms with E-state index in [1.807, 2.05) is 0 Å². The minimum Gasteiger partial charge on any atom is -0.0654 e. The summed E-state index contributed by atoms with van der Waals surface area (Å²) in [5, 5.41) is 0. The van der Waals surface area contributed by atoms with Crippen LogP contribution in [0.5, 0.6) is 0 Å². The van der Waals surface area contributed by atoms with Gasteiger partial charge in [-0.25, -0.2) is 0 Å². The highest BCUT2D eigenvalue weighted by molar-refractivity contribution is 5.71. The van der Waals surface area contributed by atoms with E-state index in [1.165, 1.54) is 165 Å². The van der Waals surface area contributed by atoms with Gasteiger partial charge in [0.1, 0.15) is 0 Å². The number of unbranched alkanes of at least 4 members (excludes halogenated alkanes) is 18. The average molecular weight is 533 g/mol. The zero-order valence-corrected chi connectivity index (χ0v) is 26.5. The molecule has 0 aliphatic rings. The van der Waals surface area contributed by atoms with Crippen LogP contribution in [-0.2, 0) is 19.3 Å². The smallest absolute Gasteiger partial charge is 0.0149 e. The highest BCUT2D eigenvalue weighted by atomic mass is 14.2. The van der Waals surface area contributed by atoms with Crippen LogP contribution in [0.15, 0.2) is 42.5 Å². The molecule has 39 heavy (non-hydrogen) atoms. The van der Waals surface area contributed by atoms with Crippen molar-refractivity contribution in [2.45, 2.75) is 175 Å². The minimum atomic E-state index is 1.22. The first-order valence-corrected chi connectivity index (χ1v) is 17.5. The molecule has 2 aromatic rings. The molecular weight excluding hydrogens is 468 g/mol. The monoisotopic (exact) mass is 533 g/mol. The second kappa shape index (κ2) is 23.2. The Morgan fingerprint density at radius 2 is 0.769 bits per heavy atom. The molecule has 0 saturated carbocycles. The maximum absolute atomic E-state index is 2.59. The first-order chi connectivity index (χ1) is 19.3. The normalized spacial score (nSPS) is 11.4. The van der Waals surface area contributed by atoms with Crippen LogP contribution in [0.4, 0.5) is 0 Å². The summed E-state index contributed by atoms with van der Waals surface area (Å²) in [5.74, 6) is 0. The van der Waals surface area contributed by atoms with Gasteiger partial charge in [-0.2, -0.15) is 0 Å². The number of hydrogen-bond donors (Lipinski definition) is 0. The van der Waals surface area contributed by atoms with E-state index in [0.717, 1.165) is 0 Å². The van der Waals surface area contributed by atoms with E-state index in [0.29, 0.717) is 0 Å². The molecule has 0 aliphatic heterocycles. The summed E-state index contributed by atoms with van der Waals surface area (Å²) in [6, 6.07) is 16.8. The molecule has 0 nitrogen and oxygen atoms in total. The molecule has 0 saturated heterocycles. The summed E-state index contributed by atoms with van der Waals surface area (Å²) in [6.45, 7) is 6.93. The summed E-state index contributed by atoms with van der Waals surface area (Å²) in [6.07, 6.45) is 32.8. The maximum Gasteiger partial charge on any atom is -0.0149 e. The second-order valence-electron chi connectivity index (χ2n) is 12.3. The predicted molar refractivity (Wildman–Crippen MR) is 177 cm³/mol. The van der Waals surface area contributed by atoms with Crippen molar-refractivity contribution in [2.24, 2.45) is 0 Å². The standard InChI is InChI=1S/C39H64/c1-4-7-10-13-16-19-22-27-35-32-33-39(37(34-35)30-24-21-18-15-12-9-6-3)38-31-26-25-29-36(38)28-23-20-17-14-11-8-5-2/h25-26,29,31-34H,4-24,27-28,30H2,1-3H3. The van der Waals surface area contributed by atoms with Crippen LogP contribution in [0.2, 0.25) is 0 Å². The van der Waals surface area contributed by atoms with Crippen molar-refractivity contribution in [1.82, 2.24) is 0 Å². The van der Waals surface area contributed by atoms with Crippen LogP contribution < -0.4 is 0 Å². The molecule has 0 spiro atoms. The van der Waals surface area contributed by atoms with Crippen LogP contribution in [-0.4, -0.2) is 0 Å². The maximum atomic E-state index is 2.59. The Kier molecular flexibility index (Phi) is 20.0. The zero-order valence-electron chi connectivity index (χ0n) is 26.5. The number of benzene rings is 2. The van der Waals surface area contributed by atoms with Crippen molar-refractivity contribution in [3.8, 4) is 11.1 Å². The molecule has 2 rings (SSSR count). The quantitative estimate of drug-likeness (QED) is 0.112. The lowest BCUT2D eigenvalue weighted by molar-refractivity contribution is 0.587. The SMILES string of the molecule is CCCCCCCCCc1ccc(-c2ccccc2CCCCCCCCC)c(CCCCCCCCC)c1. The van der Waals surface area contributed by atoms with Gasteiger partial charge in [0.15, 0.2) is 0 Å². The third-order valence-electron chi connectivity index (χ3n) is 8.65. The fourth-order valence-electron chi connectivity index (χ4n) is 6.10. The summed E-state index contributed by atoms with van der Waals surface area (Å²) in [4.78, 5) is 0. The Hall–Kier alpha value is -1.56. The lowest BCUT2D eigenvalue weighted by atomic mass is 9.89. The van der Waals surface area contributed by atoms with Gasteiger partial charge in [-0.15, -0.1) is 0 Å². The van der Waals surface area contributed by atoms with Gasteiger partial charge in [-0.05, 0) is 66.3 Å². The van der Waals surface area contributed by atoms with Gasteiger partial charge in [-0.3, -0.25) is 0 Å². The van der Waals surface area contributed by atoms with Gasteiger partial charge in [0.25, 0.3) is 0 Å². The van der Waals surface area contributed by atoms with E-state index in [4.69, 9.17) is 0 Å². The van der Waals surface area contributed by atoms with Gasteiger partial charge >= 0.3 is 0 Å². The van der Waals surface area contributed by atoms with Crippen LogP contribution in [0.3, 0.4) is 0 Å². The molecule has 0 bridgehead atoms. The van der Waals surface area contributed by atoms with E-state index in [-0.39, 0.29) is 0 Å². The summed E-state index contributed by atoms with van der Waals surface area (Å²) >= 11 is 0. The first kappa shape index (κ1) is 33.6. The van der Waals surface area contributed by atoms with Crippen molar-refractivity contribution in [2.75, 3.05) is 0 Å². The van der Waals surface area contributed by atoms with Crippen LogP contribution in [0.1, 0.15) is 172 Å². The average Bonchev–Trinajstić information content (AvgIpc) is 2.96. The highest BCUT2D eigenvalue weighted by Crippen LogP contribution is 2.31. The number of aryl methyl sites for hydroxylation is 3. The summed E-state index contributed by atoms with van der Waals surface area (Å²) in [7, 11) is 0. The van der Waals surface area contributed by atoms with Crippen molar-refractivity contribution >= 4 is 0 Å². The molecule has 0 aromatic heterocycles. The van der Waals surface area contributed by atoms with Crippen molar-refractivity contribution in [3.05, 3.63) is 59.2 Å². The molecule has 0 fully saturated rings. The van der Waals surface area contributed by atoms with Gasteiger partial charge < -0.3 is 0 Å². The molecule has 220 valence electrons. The number of rotatable bonds is 25. The number of hydrogen-bond acceptors (Lipinski definition) is 0. The van der Waals surface area contributed by atoms with Gasteiger partial charge in [0.05, 0.1) is 0 Å². The minimum absolute atomic E-state index is 1.22. The van der Waals surface area contributed by atoms with E-state index in [9.17, 15) is 0 Å². The van der Waals surface area contributed by atoms with Gasteiger partial charge in [-0.1, -0.05) is 179 Å². The molecule has 0 atom stereocenters. The second-order valence-corrected chi connectivity index (χ2v) is 12.3. The van der Waals surface area contributed by atoms with E-state index >= 15 is 0 Å². The predicted octanol–water partition coefficient (Wildman–Crippen LogP) is 13.2. The topological polar surface area (TPSA) is 0 Å². The fourth-order valence-corrected chi connectivity index (χ4v) is 6.10. The fraction of sp³-hybridized carbons (Fsp3) is 0.692. The molecule has 0 unspecified atom stereocenters. The molecule has 2 aromatic carbocycles. The van der Waals surface area contributed by atoms with Crippen LogP contribution in [0, 0.1) is 0 Å². The van der Waals surface area contributed by atoms with Crippen molar-refractivity contribution < 1.29 is 0 Å². The lowest BCUT2D eigenvalue weighted by Gasteiger charge is -2.16. The van der Waals surface area contributed by atoms with E-state index in [2.05, 4.69) is 63.2 Å². The third kappa shape index (κ3) is 15.1. The Morgan fingerprint density at radius 3 is 1.31 bits per heavy atom. The molecule has 0 heterocycles. The molecule has 0 amide bonds. The lowest BCUT2D eigenvalue weighted by Crippen LogP contribution is -1.98. The molecular formula is C39H64. The van der Waals surface area contributed by atoms with Crippen molar-refractivity contribution in [1.29, 1.82) is 0 Å². The molecule has 0 aliphatic carbocycles. The first-order valence-electron chi connectivity index (χ1n) is 17.5. The zero-order chi connectivity index (χ0) is 27.8. The molecule has 0 radical (unpaired) electrons. The summed E-state index contributed by atoms with van der Waals surface area (Å²) in [5.41, 5.74) is 7.75.